The minimum atomic E-state index is 0. The molecule has 0 bridgehead atoms. The molecule has 0 aliphatic carbocycles. The summed E-state index contributed by atoms with van der Waals surface area (Å²) in [5, 5.41) is 6.46. The lowest BCUT2D eigenvalue weighted by Crippen LogP contribution is -2.48. The average Bonchev–Trinajstić information content (AvgIpc) is 2.40. The van der Waals surface area contributed by atoms with E-state index in [1.807, 2.05) is 12.1 Å². The van der Waals surface area contributed by atoms with Crippen LogP contribution in [0.4, 0.5) is 0 Å². The first kappa shape index (κ1) is 16.3. The van der Waals surface area contributed by atoms with Gasteiger partial charge in [-0.2, -0.15) is 0 Å². The molecule has 6 heteroatoms. The number of amides is 1. The van der Waals surface area contributed by atoms with E-state index in [2.05, 4.69) is 22.5 Å². The molecule has 0 spiro atoms. The summed E-state index contributed by atoms with van der Waals surface area (Å²) in [7, 11) is 0. The van der Waals surface area contributed by atoms with Crippen LogP contribution >= 0.6 is 24.2 Å². The van der Waals surface area contributed by atoms with Gasteiger partial charge in [0.15, 0.2) is 0 Å². The van der Waals surface area contributed by atoms with Crippen molar-refractivity contribution < 1.29 is 4.79 Å². The number of aromatic nitrogens is 1. The number of pyridine rings is 1. The van der Waals surface area contributed by atoms with E-state index in [4.69, 9.17) is 0 Å². The molecule has 0 radical (unpaired) electrons. The number of nitrogens with one attached hydrogen (secondary N) is 2. The monoisotopic (exact) mass is 301 g/mol. The Bertz CT molecular complexity index is 391. The van der Waals surface area contributed by atoms with Crippen LogP contribution < -0.4 is 10.6 Å². The molecule has 19 heavy (non-hydrogen) atoms. The molecule has 0 saturated carbocycles. The van der Waals surface area contributed by atoms with Crippen LogP contribution in [0.5, 0.6) is 0 Å². The number of carbonyl (C=O) groups excluding carboxylic acids is 1. The van der Waals surface area contributed by atoms with Crippen LogP contribution in [0.15, 0.2) is 29.4 Å². The van der Waals surface area contributed by atoms with Crippen molar-refractivity contribution in [2.75, 3.05) is 18.8 Å². The fourth-order valence-electron chi connectivity index (χ4n) is 2.06. The van der Waals surface area contributed by atoms with Crippen molar-refractivity contribution in [1.29, 1.82) is 0 Å². The van der Waals surface area contributed by atoms with E-state index < -0.39 is 0 Å². The molecular weight excluding hydrogens is 282 g/mol. The molecule has 1 fully saturated rings. The molecule has 4 nitrogen and oxygen atoms in total. The van der Waals surface area contributed by atoms with Gasteiger partial charge in [-0.05, 0) is 37.6 Å². The average molecular weight is 302 g/mol. The van der Waals surface area contributed by atoms with Crippen LogP contribution in [-0.4, -0.2) is 35.8 Å². The zero-order valence-corrected chi connectivity index (χ0v) is 12.6. The largest absolute Gasteiger partial charge is 0.352 e. The van der Waals surface area contributed by atoms with Crippen molar-refractivity contribution in [1.82, 2.24) is 15.6 Å². The van der Waals surface area contributed by atoms with E-state index in [9.17, 15) is 4.79 Å². The molecule has 1 saturated heterocycles. The van der Waals surface area contributed by atoms with Gasteiger partial charge in [-0.25, -0.2) is 0 Å². The highest BCUT2D eigenvalue weighted by atomic mass is 35.5. The summed E-state index contributed by atoms with van der Waals surface area (Å²) in [6, 6.07) is 4.16. The van der Waals surface area contributed by atoms with Gasteiger partial charge in [-0.15, -0.1) is 24.2 Å². The van der Waals surface area contributed by atoms with E-state index in [-0.39, 0.29) is 18.3 Å². The molecule has 1 aliphatic rings. The number of halogens is 1. The van der Waals surface area contributed by atoms with Gasteiger partial charge in [-0.1, -0.05) is 6.92 Å². The molecule has 2 atom stereocenters. The first-order chi connectivity index (χ1) is 8.75. The van der Waals surface area contributed by atoms with Crippen LogP contribution in [0, 0.1) is 5.92 Å². The Morgan fingerprint density at radius 2 is 2.26 bits per heavy atom. The molecule has 2 heterocycles. The Labute approximate surface area is 124 Å². The Kier molecular flexibility index (Phi) is 7.20. The third-order valence-corrected chi connectivity index (χ3v) is 4.16. The van der Waals surface area contributed by atoms with Gasteiger partial charge >= 0.3 is 0 Å². The third-order valence-electron chi connectivity index (χ3n) is 3.15. The Balaban J connectivity index is 0.00000180. The topological polar surface area (TPSA) is 54.0 Å². The SMILES string of the molecule is CC1CNCCC1NC(=O)CSc1ccncc1.Cl. The maximum atomic E-state index is 11.9. The van der Waals surface area contributed by atoms with Crippen molar-refractivity contribution in [3.8, 4) is 0 Å². The van der Waals surface area contributed by atoms with Crippen molar-refractivity contribution in [2.24, 2.45) is 5.92 Å². The molecule has 106 valence electrons. The lowest BCUT2D eigenvalue weighted by molar-refractivity contribution is -0.119. The molecule has 1 aromatic rings. The van der Waals surface area contributed by atoms with Crippen LogP contribution in [-0.2, 0) is 4.79 Å². The molecule has 0 aromatic carbocycles. The highest BCUT2D eigenvalue weighted by Crippen LogP contribution is 2.16. The fourth-order valence-corrected chi connectivity index (χ4v) is 2.76. The lowest BCUT2D eigenvalue weighted by Gasteiger charge is -2.30. The van der Waals surface area contributed by atoms with E-state index >= 15 is 0 Å². The van der Waals surface area contributed by atoms with Crippen molar-refractivity contribution in [3.05, 3.63) is 24.5 Å². The van der Waals surface area contributed by atoms with Crippen molar-refractivity contribution >= 4 is 30.1 Å². The van der Waals surface area contributed by atoms with Crippen molar-refractivity contribution in [3.63, 3.8) is 0 Å². The number of piperidine rings is 1. The maximum absolute atomic E-state index is 11.9. The minimum absolute atomic E-state index is 0. The number of hydrogen-bond donors (Lipinski definition) is 2. The second-order valence-electron chi connectivity index (χ2n) is 4.62. The van der Waals surface area contributed by atoms with Gasteiger partial charge in [0.1, 0.15) is 0 Å². The minimum Gasteiger partial charge on any atom is -0.352 e. The summed E-state index contributed by atoms with van der Waals surface area (Å²) in [5.74, 6) is 1.10. The number of carbonyl (C=O) groups is 1. The first-order valence-electron chi connectivity index (χ1n) is 6.28. The summed E-state index contributed by atoms with van der Waals surface area (Å²) >= 11 is 1.55. The summed E-state index contributed by atoms with van der Waals surface area (Å²) < 4.78 is 0. The quantitative estimate of drug-likeness (QED) is 0.831. The Morgan fingerprint density at radius 3 is 2.95 bits per heavy atom. The van der Waals surface area contributed by atoms with E-state index in [0.29, 0.717) is 17.7 Å². The molecule has 2 N–H and O–H groups in total. The highest BCUT2D eigenvalue weighted by Gasteiger charge is 2.22. The number of thioether (sulfide) groups is 1. The Morgan fingerprint density at radius 1 is 1.53 bits per heavy atom. The predicted octanol–water partition coefficient (Wildman–Crippen LogP) is 1.71. The van der Waals surface area contributed by atoms with Gasteiger partial charge in [0, 0.05) is 23.3 Å². The summed E-state index contributed by atoms with van der Waals surface area (Å²) in [5.41, 5.74) is 0. The van der Waals surface area contributed by atoms with Crippen LogP contribution in [0.25, 0.3) is 0 Å². The number of rotatable bonds is 4. The van der Waals surface area contributed by atoms with Crippen LogP contribution in [0.3, 0.4) is 0 Å². The summed E-state index contributed by atoms with van der Waals surface area (Å²) in [6.07, 6.45) is 4.51. The zero-order chi connectivity index (χ0) is 12.8. The molecule has 1 amide bonds. The standard InChI is InChI=1S/C13H19N3OS.ClH/c1-10-8-15-7-4-12(10)16-13(17)9-18-11-2-5-14-6-3-11;/h2-3,5-6,10,12,15H,4,7-9H2,1H3,(H,16,17);1H. The zero-order valence-electron chi connectivity index (χ0n) is 11.0. The van der Waals surface area contributed by atoms with Gasteiger partial charge in [-0.3, -0.25) is 9.78 Å². The van der Waals surface area contributed by atoms with Crippen LogP contribution in [0.2, 0.25) is 0 Å². The van der Waals surface area contributed by atoms with E-state index in [1.54, 1.807) is 24.2 Å². The molecular formula is C13H20ClN3OS. The van der Waals surface area contributed by atoms with E-state index in [1.165, 1.54) is 0 Å². The predicted molar refractivity (Wildman–Crippen MR) is 80.8 cm³/mol. The fraction of sp³-hybridized carbons (Fsp3) is 0.538. The third kappa shape index (κ3) is 5.38. The molecule has 1 aliphatic heterocycles. The highest BCUT2D eigenvalue weighted by molar-refractivity contribution is 8.00. The number of hydrogen-bond acceptors (Lipinski definition) is 4. The smallest absolute Gasteiger partial charge is 0.230 e. The Hall–Kier alpha value is -0.780. The molecule has 2 rings (SSSR count). The second kappa shape index (κ2) is 8.40. The summed E-state index contributed by atoms with van der Waals surface area (Å²) in [6.45, 7) is 4.16. The van der Waals surface area contributed by atoms with Gasteiger partial charge in [0.05, 0.1) is 5.75 Å². The molecule has 1 aromatic heterocycles. The van der Waals surface area contributed by atoms with Gasteiger partial charge in [0.25, 0.3) is 0 Å². The van der Waals surface area contributed by atoms with Gasteiger partial charge < -0.3 is 10.6 Å². The molecule has 2 unspecified atom stereocenters. The number of nitrogens with zero attached hydrogens (tertiary/aromatic N) is 1. The summed E-state index contributed by atoms with van der Waals surface area (Å²) in [4.78, 5) is 16.9. The second-order valence-corrected chi connectivity index (χ2v) is 5.66. The van der Waals surface area contributed by atoms with Crippen LogP contribution in [0.1, 0.15) is 13.3 Å². The maximum Gasteiger partial charge on any atom is 0.230 e. The van der Waals surface area contributed by atoms with Gasteiger partial charge in [0.2, 0.25) is 5.91 Å². The lowest BCUT2D eigenvalue weighted by atomic mass is 9.95. The normalized spacial score (nSPS) is 22.4. The van der Waals surface area contributed by atoms with E-state index in [0.717, 1.165) is 24.4 Å². The van der Waals surface area contributed by atoms with Crippen molar-refractivity contribution in [2.45, 2.75) is 24.3 Å². The first-order valence-corrected chi connectivity index (χ1v) is 7.27.